The minimum atomic E-state index is -0.672. The number of aliphatic hydroxyl groups is 1. The number of Topliss-reactive ketones (excluding diaryl/α,β-unsaturated/α-hetero) is 1. The van der Waals surface area contributed by atoms with Crippen LogP contribution in [0.15, 0.2) is 48.3 Å². The number of hydrogen-bond donors (Lipinski definition) is 1. The van der Waals surface area contributed by atoms with E-state index in [-0.39, 0.29) is 11.3 Å². The molecule has 8 heteroatoms. The molecule has 2 aliphatic heterocycles. The first-order valence-corrected chi connectivity index (χ1v) is 11.1. The van der Waals surface area contributed by atoms with E-state index in [0.717, 1.165) is 37.2 Å². The number of aromatic nitrogens is 1. The van der Waals surface area contributed by atoms with E-state index in [1.807, 2.05) is 6.92 Å². The first kappa shape index (κ1) is 22.9. The van der Waals surface area contributed by atoms with E-state index in [9.17, 15) is 14.7 Å². The van der Waals surface area contributed by atoms with Gasteiger partial charge >= 0.3 is 0 Å². The van der Waals surface area contributed by atoms with Gasteiger partial charge in [-0.2, -0.15) is 0 Å². The van der Waals surface area contributed by atoms with Crippen molar-refractivity contribution in [2.24, 2.45) is 0 Å². The van der Waals surface area contributed by atoms with Gasteiger partial charge in [0.1, 0.15) is 11.5 Å². The molecule has 2 aliphatic rings. The van der Waals surface area contributed by atoms with Crippen LogP contribution in [-0.2, 0) is 14.3 Å². The van der Waals surface area contributed by atoms with Crippen LogP contribution in [0.5, 0.6) is 5.75 Å². The molecular formula is C25H29N3O5. The number of amides is 1. The van der Waals surface area contributed by atoms with Crippen molar-refractivity contribution in [1.29, 1.82) is 0 Å². The van der Waals surface area contributed by atoms with Crippen molar-refractivity contribution in [3.8, 4) is 5.75 Å². The molecule has 0 aliphatic carbocycles. The molecule has 0 saturated carbocycles. The molecule has 1 atom stereocenters. The summed E-state index contributed by atoms with van der Waals surface area (Å²) in [4.78, 5) is 34.1. The Morgan fingerprint density at radius 2 is 1.88 bits per heavy atom. The summed E-state index contributed by atoms with van der Waals surface area (Å²) in [5.41, 5.74) is 2.13. The predicted octanol–water partition coefficient (Wildman–Crippen LogP) is 2.54. The molecular weight excluding hydrogens is 422 g/mol. The van der Waals surface area contributed by atoms with E-state index in [0.29, 0.717) is 31.1 Å². The summed E-state index contributed by atoms with van der Waals surface area (Å²) in [6.45, 7) is 6.24. The van der Waals surface area contributed by atoms with E-state index < -0.39 is 17.7 Å². The highest BCUT2D eigenvalue weighted by molar-refractivity contribution is 6.46. The average Bonchev–Trinajstić information content (AvgIpc) is 3.10. The Morgan fingerprint density at radius 1 is 1.15 bits per heavy atom. The van der Waals surface area contributed by atoms with Gasteiger partial charge in [0.05, 0.1) is 31.9 Å². The molecule has 2 saturated heterocycles. The standard InChI is InChI=1S/C25H29N3O5/c1-17-16-19(4-5-20(17)32-2)23(29)21-22(18-6-8-26-9-7-18)28(25(31)24(21)30)11-3-10-27-12-14-33-15-13-27/h4-9,16,22,29H,3,10-15H2,1-2H3/b23-21-. The molecule has 1 N–H and O–H groups in total. The molecule has 4 rings (SSSR count). The van der Waals surface area contributed by atoms with Crippen LogP contribution in [0, 0.1) is 6.92 Å². The number of morpholine rings is 1. The zero-order valence-corrected chi connectivity index (χ0v) is 19.0. The maximum absolute atomic E-state index is 13.1. The summed E-state index contributed by atoms with van der Waals surface area (Å²) >= 11 is 0. The molecule has 33 heavy (non-hydrogen) atoms. The van der Waals surface area contributed by atoms with Crippen molar-refractivity contribution in [2.45, 2.75) is 19.4 Å². The van der Waals surface area contributed by atoms with Crippen LogP contribution < -0.4 is 4.74 Å². The molecule has 0 bridgehead atoms. The fourth-order valence-corrected chi connectivity index (χ4v) is 4.47. The van der Waals surface area contributed by atoms with Crippen LogP contribution in [0.2, 0.25) is 0 Å². The van der Waals surface area contributed by atoms with E-state index in [2.05, 4.69) is 9.88 Å². The number of hydrogen-bond acceptors (Lipinski definition) is 7. The van der Waals surface area contributed by atoms with Gasteiger partial charge in [-0.25, -0.2) is 0 Å². The summed E-state index contributed by atoms with van der Waals surface area (Å²) in [5, 5.41) is 11.2. The van der Waals surface area contributed by atoms with Crippen molar-refractivity contribution in [2.75, 3.05) is 46.5 Å². The predicted molar refractivity (Wildman–Crippen MR) is 123 cm³/mol. The number of nitrogens with zero attached hydrogens (tertiary/aromatic N) is 3. The lowest BCUT2D eigenvalue weighted by molar-refractivity contribution is -0.140. The molecule has 0 radical (unpaired) electrons. The third-order valence-corrected chi connectivity index (χ3v) is 6.21. The molecule has 1 amide bonds. The maximum atomic E-state index is 13.1. The lowest BCUT2D eigenvalue weighted by atomic mass is 9.95. The molecule has 1 unspecified atom stereocenters. The third-order valence-electron chi connectivity index (χ3n) is 6.21. The smallest absolute Gasteiger partial charge is 0.295 e. The number of carbonyl (C=O) groups excluding carboxylic acids is 2. The number of ether oxygens (including phenoxy) is 2. The summed E-state index contributed by atoms with van der Waals surface area (Å²) in [7, 11) is 1.58. The highest BCUT2D eigenvalue weighted by Crippen LogP contribution is 2.39. The van der Waals surface area contributed by atoms with Gasteiger partial charge in [0.25, 0.3) is 11.7 Å². The lowest BCUT2D eigenvalue weighted by Crippen LogP contribution is -2.38. The normalized spacial score (nSPS) is 20.9. The zero-order valence-electron chi connectivity index (χ0n) is 19.0. The summed E-state index contributed by atoms with van der Waals surface area (Å²) < 4.78 is 10.7. The Labute approximate surface area is 193 Å². The minimum Gasteiger partial charge on any atom is -0.507 e. The molecule has 0 spiro atoms. The zero-order chi connectivity index (χ0) is 23.4. The van der Waals surface area contributed by atoms with Crippen molar-refractivity contribution in [3.05, 3.63) is 65.0 Å². The van der Waals surface area contributed by atoms with Crippen LogP contribution in [0.1, 0.15) is 29.2 Å². The number of benzene rings is 1. The Kier molecular flexibility index (Phi) is 7.05. The number of likely N-dealkylation sites (tertiary alicyclic amines) is 1. The average molecular weight is 452 g/mol. The van der Waals surface area contributed by atoms with Crippen LogP contribution in [-0.4, -0.2) is 78.1 Å². The number of aliphatic hydroxyl groups excluding tert-OH is 1. The highest BCUT2D eigenvalue weighted by Gasteiger charge is 2.45. The number of methoxy groups -OCH3 is 1. The molecule has 1 aromatic heterocycles. The molecule has 1 aromatic carbocycles. The topological polar surface area (TPSA) is 92.2 Å². The highest BCUT2D eigenvalue weighted by atomic mass is 16.5. The van der Waals surface area contributed by atoms with Gasteiger partial charge in [-0.15, -0.1) is 0 Å². The van der Waals surface area contributed by atoms with Crippen LogP contribution in [0.3, 0.4) is 0 Å². The molecule has 2 aromatic rings. The van der Waals surface area contributed by atoms with Crippen molar-refractivity contribution >= 4 is 17.4 Å². The Bertz CT molecular complexity index is 1050. The Hall–Kier alpha value is -3.23. The Balaban J connectivity index is 1.66. The van der Waals surface area contributed by atoms with E-state index in [1.54, 1.807) is 54.7 Å². The number of ketones is 1. The number of carbonyl (C=O) groups is 2. The van der Waals surface area contributed by atoms with Crippen molar-refractivity contribution in [3.63, 3.8) is 0 Å². The van der Waals surface area contributed by atoms with Gasteiger partial charge in [-0.05, 0) is 54.8 Å². The van der Waals surface area contributed by atoms with Crippen LogP contribution in [0.4, 0.5) is 0 Å². The van der Waals surface area contributed by atoms with E-state index in [1.165, 1.54) is 0 Å². The first-order valence-electron chi connectivity index (χ1n) is 11.1. The molecule has 2 fully saturated rings. The maximum Gasteiger partial charge on any atom is 0.295 e. The van der Waals surface area contributed by atoms with Crippen molar-refractivity contribution in [1.82, 2.24) is 14.8 Å². The second kappa shape index (κ2) is 10.1. The SMILES string of the molecule is COc1ccc(/C(O)=C2/C(=O)C(=O)N(CCCN3CCOCC3)C2c2ccncc2)cc1C. The van der Waals surface area contributed by atoms with E-state index >= 15 is 0 Å². The van der Waals surface area contributed by atoms with Gasteiger partial charge in [0, 0.05) is 44.1 Å². The second-order valence-corrected chi connectivity index (χ2v) is 8.27. The van der Waals surface area contributed by atoms with Crippen molar-refractivity contribution < 1.29 is 24.2 Å². The van der Waals surface area contributed by atoms with Crippen LogP contribution in [0.25, 0.3) is 5.76 Å². The fourth-order valence-electron chi connectivity index (χ4n) is 4.47. The minimum absolute atomic E-state index is 0.0992. The monoisotopic (exact) mass is 451 g/mol. The largest absolute Gasteiger partial charge is 0.507 e. The summed E-state index contributed by atoms with van der Waals surface area (Å²) in [6.07, 6.45) is 3.97. The second-order valence-electron chi connectivity index (χ2n) is 8.27. The molecule has 8 nitrogen and oxygen atoms in total. The molecule has 3 heterocycles. The van der Waals surface area contributed by atoms with Crippen LogP contribution >= 0.6 is 0 Å². The first-order chi connectivity index (χ1) is 16.0. The summed E-state index contributed by atoms with van der Waals surface area (Å²) in [6, 6.07) is 8.07. The van der Waals surface area contributed by atoms with Gasteiger partial charge in [0.2, 0.25) is 0 Å². The number of aryl methyl sites for hydroxylation is 1. The number of rotatable bonds is 7. The van der Waals surface area contributed by atoms with Gasteiger partial charge < -0.3 is 19.5 Å². The van der Waals surface area contributed by atoms with E-state index in [4.69, 9.17) is 9.47 Å². The fraction of sp³-hybridized carbons (Fsp3) is 0.400. The third kappa shape index (κ3) is 4.77. The number of pyridine rings is 1. The molecule has 174 valence electrons. The van der Waals surface area contributed by atoms with Gasteiger partial charge in [-0.1, -0.05) is 0 Å². The quantitative estimate of drug-likeness (QED) is 0.393. The Morgan fingerprint density at radius 3 is 2.55 bits per heavy atom. The summed E-state index contributed by atoms with van der Waals surface area (Å²) in [5.74, 6) is -0.767. The van der Waals surface area contributed by atoms with Gasteiger partial charge in [0.15, 0.2) is 0 Å². The lowest BCUT2D eigenvalue weighted by Gasteiger charge is -2.29. The van der Waals surface area contributed by atoms with Gasteiger partial charge in [-0.3, -0.25) is 19.5 Å².